The number of pyridine rings is 1. The average molecular weight is 485 g/mol. The summed E-state index contributed by atoms with van der Waals surface area (Å²) in [6, 6.07) is 12.8. The number of aromatic nitrogens is 1. The molecule has 0 atom stereocenters. The quantitative estimate of drug-likeness (QED) is 0.535. The molecule has 1 aromatic heterocycles. The molecule has 1 aliphatic heterocycles. The minimum Gasteiger partial charge on any atom is -0.353 e. The van der Waals surface area contributed by atoms with Gasteiger partial charge in [0.2, 0.25) is 5.91 Å². The van der Waals surface area contributed by atoms with Crippen LogP contribution in [0.1, 0.15) is 10.4 Å². The van der Waals surface area contributed by atoms with Crippen molar-refractivity contribution in [3.8, 4) is 0 Å². The van der Waals surface area contributed by atoms with Crippen molar-refractivity contribution in [3.63, 3.8) is 0 Å². The van der Waals surface area contributed by atoms with E-state index in [9.17, 15) is 9.59 Å². The van der Waals surface area contributed by atoms with Gasteiger partial charge in [0, 0.05) is 29.7 Å². The number of amides is 2. The number of rotatable bonds is 4. The molecule has 0 aliphatic carbocycles. The second kappa shape index (κ2) is 8.68. The van der Waals surface area contributed by atoms with Crippen LogP contribution in [0.4, 0.5) is 5.82 Å². The zero-order chi connectivity index (χ0) is 18.5. The summed E-state index contributed by atoms with van der Waals surface area (Å²) in [4.78, 5) is 32.7. The molecule has 8 heteroatoms. The zero-order valence-electron chi connectivity index (χ0n) is 14.0. The lowest BCUT2D eigenvalue weighted by atomic mass is 10.2. The summed E-state index contributed by atoms with van der Waals surface area (Å²) >= 11 is 8.04. The highest BCUT2D eigenvalue weighted by Gasteiger charge is 2.22. The van der Waals surface area contributed by atoms with E-state index >= 15 is 0 Å². The van der Waals surface area contributed by atoms with Gasteiger partial charge in [-0.3, -0.25) is 9.59 Å². The summed E-state index contributed by atoms with van der Waals surface area (Å²) in [6.07, 6.45) is 0. The molecule has 1 aliphatic rings. The van der Waals surface area contributed by atoms with Gasteiger partial charge in [0.1, 0.15) is 11.0 Å². The lowest BCUT2D eigenvalue weighted by Crippen LogP contribution is -2.51. The first-order valence-corrected chi connectivity index (χ1v) is 9.68. The smallest absolute Gasteiger partial charge is 0.252 e. The molecule has 2 amide bonds. The third kappa shape index (κ3) is 4.64. The number of piperazine rings is 1. The lowest BCUT2D eigenvalue weighted by Gasteiger charge is -2.35. The molecule has 1 fully saturated rings. The van der Waals surface area contributed by atoms with E-state index in [4.69, 9.17) is 11.6 Å². The topological polar surface area (TPSA) is 65.5 Å². The van der Waals surface area contributed by atoms with Gasteiger partial charge < -0.3 is 15.1 Å². The molecule has 2 aromatic rings. The lowest BCUT2D eigenvalue weighted by molar-refractivity contribution is -0.130. The summed E-state index contributed by atoms with van der Waals surface area (Å²) in [5.74, 6) is 0.504. The molecular formula is C18H18ClIN4O2. The second-order valence-corrected chi connectivity index (χ2v) is 7.40. The molecular weight excluding hydrogens is 467 g/mol. The van der Waals surface area contributed by atoms with Crippen LogP contribution >= 0.6 is 34.2 Å². The highest BCUT2D eigenvalue weighted by molar-refractivity contribution is 14.1. The van der Waals surface area contributed by atoms with Gasteiger partial charge in [-0.05, 0) is 46.9 Å². The molecule has 26 heavy (non-hydrogen) atoms. The predicted molar refractivity (Wildman–Crippen MR) is 110 cm³/mol. The third-order valence-corrected chi connectivity index (χ3v) is 5.33. The van der Waals surface area contributed by atoms with Gasteiger partial charge in [-0.1, -0.05) is 29.8 Å². The van der Waals surface area contributed by atoms with E-state index in [-0.39, 0.29) is 18.4 Å². The van der Waals surface area contributed by atoms with Crippen LogP contribution in [0, 0.1) is 3.57 Å². The van der Waals surface area contributed by atoms with E-state index in [0.29, 0.717) is 36.9 Å². The van der Waals surface area contributed by atoms with Crippen LogP contribution in [0.3, 0.4) is 0 Å². The number of hydrogen-bond donors (Lipinski definition) is 1. The Morgan fingerprint density at radius 2 is 1.81 bits per heavy atom. The zero-order valence-corrected chi connectivity index (χ0v) is 16.9. The number of hydrogen-bond acceptors (Lipinski definition) is 4. The summed E-state index contributed by atoms with van der Waals surface area (Å²) in [5, 5.41) is 3.17. The fourth-order valence-electron chi connectivity index (χ4n) is 2.77. The van der Waals surface area contributed by atoms with Crippen molar-refractivity contribution in [2.45, 2.75) is 0 Å². The SMILES string of the molecule is O=C(NCC(=O)N1CCN(c2cccc(Cl)n2)CC1)c1ccccc1I. The standard InChI is InChI=1S/C18H18ClIN4O2/c19-15-6-3-7-16(22-15)23-8-10-24(11-9-23)17(25)12-21-18(26)13-4-1-2-5-14(13)20/h1-7H,8-12H2,(H,21,26). The van der Waals surface area contributed by atoms with Crippen LogP contribution in [0.5, 0.6) is 0 Å². The van der Waals surface area contributed by atoms with Crippen LogP contribution in [-0.4, -0.2) is 54.4 Å². The maximum Gasteiger partial charge on any atom is 0.252 e. The van der Waals surface area contributed by atoms with E-state index in [1.165, 1.54) is 0 Å². The summed E-state index contributed by atoms with van der Waals surface area (Å²) < 4.78 is 0.859. The van der Waals surface area contributed by atoms with E-state index in [1.54, 1.807) is 17.0 Å². The van der Waals surface area contributed by atoms with Crippen molar-refractivity contribution >= 4 is 51.8 Å². The molecule has 1 saturated heterocycles. The van der Waals surface area contributed by atoms with Gasteiger partial charge in [0.25, 0.3) is 5.91 Å². The number of anilines is 1. The van der Waals surface area contributed by atoms with Gasteiger partial charge in [-0.25, -0.2) is 4.98 Å². The van der Waals surface area contributed by atoms with Gasteiger partial charge in [-0.2, -0.15) is 0 Å². The number of nitrogens with zero attached hydrogens (tertiary/aromatic N) is 3. The maximum atomic E-state index is 12.4. The van der Waals surface area contributed by atoms with E-state index in [2.05, 4.69) is 37.8 Å². The largest absolute Gasteiger partial charge is 0.353 e. The minimum atomic E-state index is -0.231. The van der Waals surface area contributed by atoms with Crippen molar-refractivity contribution < 1.29 is 9.59 Å². The van der Waals surface area contributed by atoms with Gasteiger partial charge in [-0.15, -0.1) is 0 Å². The average Bonchev–Trinajstić information content (AvgIpc) is 2.66. The molecule has 0 spiro atoms. The molecule has 0 unspecified atom stereocenters. The Balaban J connectivity index is 1.49. The van der Waals surface area contributed by atoms with E-state index < -0.39 is 0 Å². The number of nitrogens with one attached hydrogen (secondary N) is 1. The van der Waals surface area contributed by atoms with E-state index in [1.807, 2.05) is 30.3 Å². The van der Waals surface area contributed by atoms with E-state index in [0.717, 1.165) is 9.39 Å². The number of halogens is 2. The van der Waals surface area contributed by atoms with Crippen molar-refractivity contribution in [1.82, 2.24) is 15.2 Å². The molecule has 3 rings (SSSR count). The van der Waals surface area contributed by atoms with Crippen LogP contribution in [0.15, 0.2) is 42.5 Å². The monoisotopic (exact) mass is 484 g/mol. The Hall–Kier alpha value is -1.87. The molecule has 0 bridgehead atoms. The normalized spacial score (nSPS) is 14.2. The predicted octanol–water partition coefficient (Wildman–Crippen LogP) is 2.42. The fraction of sp³-hybridized carbons (Fsp3) is 0.278. The summed E-state index contributed by atoms with van der Waals surface area (Å²) in [7, 11) is 0. The van der Waals surface area contributed by atoms with Crippen LogP contribution in [0.2, 0.25) is 5.15 Å². The third-order valence-electron chi connectivity index (χ3n) is 4.18. The molecule has 136 valence electrons. The highest BCUT2D eigenvalue weighted by atomic mass is 127. The Morgan fingerprint density at radius 3 is 2.50 bits per heavy atom. The maximum absolute atomic E-state index is 12.4. The second-order valence-electron chi connectivity index (χ2n) is 5.85. The van der Waals surface area contributed by atoms with Crippen molar-refractivity contribution in [3.05, 3.63) is 56.8 Å². The molecule has 0 radical (unpaired) electrons. The van der Waals surface area contributed by atoms with Crippen molar-refractivity contribution in [1.29, 1.82) is 0 Å². The van der Waals surface area contributed by atoms with Crippen LogP contribution in [-0.2, 0) is 4.79 Å². The molecule has 1 N–H and O–H groups in total. The van der Waals surface area contributed by atoms with Gasteiger partial charge in [0.15, 0.2) is 0 Å². The Kier molecular flexibility index (Phi) is 6.31. The van der Waals surface area contributed by atoms with Crippen LogP contribution in [0.25, 0.3) is 0 Å². The summed E-state index contributed by atoms with van der Waals surface area (Å²) in [5.41, 5.74) is 0.581. The van der Waals surface area contributed by atoms with Crippen LogP contribution < -0.4 is 10.2 Å². The first-order valence-electron chi connectivity index (χ1n) is 8.22. The van der Waals surface area contributed by atoms with Crippen molar-refractivity contribution in [2.75, 3.05) is 37.6 Å². The number of carbonyl (C=O) groups is 2. The van der Waals surface area contributed by atoms with Crippen molar-refractivity contribution in [2.24, 2.45) is 0 Å². The van der Waals surface area contributed by atoms with Gasteiger partial charge in [0.05, 0.1) is 12.1 Å². The fourth-order valence-corrected chi connectivity index (χ4v) is 3.56. The number of carbonyl (C=O) groups excluding carboxylic acids is 2. The highest BCUT2D eigenvalue weighted by Crippen LogP contribution is 2.16. The molecule has 0 saturated carbocycles. The molecule has 2 heterocycles. The van der Waals surface area contributed by atoms with Gasteiger partial charge >= 0.3 is 0 Å². The Morgan fingerprint density at radius 1 is 1.08 bits per heavy atom. The number of benzene rings is 1. The Labute approximate surface area is 170 Å². The molecule has 1 aromatic carbocycles. The Bertz CT molecular complexity index is 809. The first-order chi connectivity index (χ1) is 12.5. The minimum absolute atomic E-state index is 0.000771. The first kappa shape index (κ1) is 18.9. The molecule has 6 nitrogen and oxygen atoms in total. The summed E-state index contributed by atoms with van der Waals surface area (Å²) in [6.45, 7) is 2.55.